The molecule has 2 fully saturated rings. The minimum Gasteiger partial charge on any atom is -0.475 e. The summed E-state index contributed by atoms with van der Waals surface area (Å²) in [6.45, 7) is 7.74. The molecule has 0 bridgehead atoms. The molecule has 0 radical (unpaired) electrons. The Kier molecular flexibility index (Phi) is 5.97. The second-order valence-electron chi connectivity index (χ2n) is 9.36. The first-order valence-corrected chi connectivity index (χ1v) is 11.0. The van der Waals surface area contributed by atoms with Gasteiger partial charge in [0, 0.05) is 19.1 Å². The summed E-state index contributed by atoms with van der Waals surface area (Å²) < 4.78 is 11.6. The van der Waals surface area contributed by atoms with Gasteiger partial charge < -0.3 is 19.7 Å². The van der Waals surface area contributed by atoms with Gasteiger partial charge >= 0.3 is 6.09 Å². The molecule has 162 valence electrons. The maximum absolute atomic E-state index is 12.4. The fraction of sp³-hybridized carbons (Fsp3) is 0.609. The van der Waals surface area contributed by atoms with Crippen molar-refractivity contribution in [2.24, 2.45) is 5.92 Å². The molecule has 0 spiro atoms. The number of rotatable bonds is 6. The van der Waals surface area contributed by atoms with Gasteiger partial charge in [0.1, 0.15) is 5.60 Å². The van der Waals surface area contributed by atoms with E-state index >= 15 is 0 Å². The number of likely N-dealkylation sites (tertiary alicyclic amines) is 1. The zero-order valence-electron chi connectivity index (χ0n) is 18.2. The molecule has 2 heterocycles. The van der Waals surface area contributed by atoms with Gasteiger partial charge in [-0.3, -0.25) is 0 Å². The third kappa shape index (κ3) is 5.52. The Balaban J connectivity index is 1.35. The molecule has 1 aromatic carbocycles. The highest BCUT2D eigenvalue weighted by Crippen LogP contribution is 2.30. The van der Waals surface area contributed by atoms with Gasteiger partial charge in [0.2, 0.25) is 0 Å². The lowest BCUT2D eigenvalue weighted by molar-refractivity contribution is 0.0154. The van der Waals surface area contributed by atoms with E-state index in [4.69, 9.17) is 19.4 Å². The van der Waals surface area contributed by atoms with Gasteiger partial charge in [-0.15, -0.1) is 0 Å². The van der Waals surface area contributed by atoms with E-state index in [9.17, 15) is 4.79 Å². The highest BCUT2D eigenvalue weighted by atomic mass is 16.6. The summed E-state index contributed by atoms with van der Waals surface area (Å²) in [6.07, 6.45) is 5.07. The first-order chi connectivity index (χ1) is 14.4. The summed E-state index contributed by atoms with van der Waals surface area (Å²) in [4.78, 5) is 23.6. The molecule has 1 aliphatic carbocycles. The van der Waals surface area contributed by atoms with Crippen LogP contribution in [0.2, 0.25) is 0 Å². The zero-order valence-corrected chi connectivity index (χ0v) is 18.2. The maximum atomic E-state index is 12.4. The van der Waals surface area contributed by atoms with Gasteiger partial charge in [-0.2, -0.15) is 0 Å². The number of carbonyl (C=O) groups excluding carboxylic acids is 1. The molecular formula is C23H32N4O3. The maximum Gasteiger partial charge on any atom is 0.410 e. The standard InChI is InChI=1S/C23H32N4O3/c1-23(2,3)30-22(28)27-13-6-7-16(15-27)12-14-29-21-20(24-17-10-11-17)25-18-8-4-5-9-19(18)26-21/h4-5,8-9,16-17H,6-7,10-15H2,1-3H3,(H,24,25). The Labute approximate surface area is 178 Å². The number of aromatic nitrogens is 2. The van der Waals surface area contributed by atoms with Crippen molar-refractivity contribution in [3.8, 4) is 5.88 Å². The van der Waals surface area contributed by atoms with Crippen LogP contribution in [0.3, 0.4) is 0 Å². The minimum absolute atomic E-state index is 0.218. The van der Waals surface area contributed by atoms with Gasteiger partial charge in [0.25, 0.3) is 5.88 Å². The minimum atomic E-state index is -0.465. The zero-order chi connectivity index (χ0) is 21.1. The number of para-hydroxylation sites is 2. The number of benzene rings is 1. The van der Waals surface area contributed by atoms with Crippen LogP contribution >= 0.6 is 0 Å². The molecule has 2 aliphatic rings. The molecule has 1 saturated carbocycles. The summed E-state index contributed by atoms with van der Waals surface area (Å²) in [5, 5.41) is 3.44. The van der Waals surface area contributed by atoms with Gasteiger partial charge in [0.05, 0.1) is 17.6 Å². The average Bonchev–Trinajstić information content (AvgIpc) is 3.51. The van der Waals surface area contributed by atoms with E-state index in [0.29, 0.717) is 24.4 Å². The van der Waals surface area contributed by atoms with E-state index in [0.717, 1.165) is 62.0 Å². The summed E-state index contributed by atoms with van der Waals surface area (Å²) in [6, 6.07) is 8.33. The van der Waals surface area contributed by atoms with Gasteiger partial charge in [-0.05, 0) is 70.9 Å². The first kappa shape index (κ1) is 20.7. The number of carbonyl (C=O) groups is 1. The molecule has 1 unspecified atom stereocenters. The average molecular weight is 413 g/mol. The molecule has 2 aromatic rings. The van der Waals surface area contributed by atoms with Crippen LogP contribution in [-0.2, 0) is 4.74 Å². The Morgan fingerprint density at radius 2 is 1.90 bits per heavy atom. The first-order valence-electron chi connectivity index (χ1n) is 11.0. The number of ether oxygens (including phenoxy) is 2. The van der Waals surface area contributed by atoms with Crippen LogP contribution in [0.4, 0.5) is 10.6 Å². The van der Waals surface area contributed by atoms with E-state index in [1.807, 2.05) is 49.9 Å². The summed E-state index contributed by atoms with van der Waals surface area (Å²) >= 11 is 0. The number of anilines is 1. The van der Waals surface area contributed by atoms with Crippen LogP contribution in [0, 0.1) is 5.92 Å². The smallest absolute Gasteiger partial charge is 0.410 e. The molecule has 30 heavy (non-hydrogen) atoms. The molecule has 1 amide bonds. The van der Waals surface area contributed by atoms with Crippen LogP contribution in [-0.4, -0.2) is 52.3 Å². The Morgan fingerprint density at radius 3 is 2.60 bits per heavy atom. The second kappa shape index (κ2) is 8.66. The lowest BCUT2D eigenvalue weighted by atomic mass is 9.95. The van der Waals surface area contributed by atoms with Gasteiger partial charge in [0.15, 0.2) is 5.82 Å². The van der Waals surface area contributed by atoms with Crippen molar-refractivity contribution >= 4 is 22.9 Å². The van der Waals surface area contributed by atoms with E-state index in [1.165, 1.54) is 0 Å². The highest BCUT2D eigenvalue weighted by molar-refractivity contribution is 5.77. The quantitative estimate of drug-likeness (QED) is 0.746. The summed E-state index contributed by atoms with van der Waals surface area (Å²) in [5.41, 5.74) is 1.24. The number of nitrogens with zero attached hydrogens (tertiary/aromatic N) is 3. The predicted molar refractivity (Wildman–Crippen MR) is 117 cm³/mol. The van der Waals surface area contributed by atoms with E-state index in [2.05, 4.69) is 5.32 Å². The molecule has 1 saturated heterocycles. The fourth-order valence-electron chi connectivity index (χ4n) is 3.71. The summed E-state index contributed by atoms with van der Waals surface area (Å²) in [7, 11) is 0. The third-order valence-corrected chi connectivity index (χ3v) is 5.39. The molecule has 1 N–H and O–H groups in total. The largest absolute Gasteiger partial charge is 0.475 e. The van der Waals surface area contributed by atoms with E-state index in [1.54, 1.807) is 0 Å². The number of nitrogens with one attached hydrogen (secondary N) is 1. The van der Waals surface area contributed by atoms with Gasteiger partial charge in [-0.25, -0.2) is 14.8 Å². The number of hydrogen-bond acceptors (Lipinski definition) is 6. The van der Waals surface area contributed by atoms with Crippen LogP contribution in [0.15, 0.2) is 24.3 Å². The second-order valence-corrected chi connectivity index (χ2v) is 9.36. The normalized spacial score (nSPS) is 19.6. The molecular weight excluding hydrogens is 380 g/mol. The molecule has 1 aliphatic heterocycles. The van der Waals surface area contributed by atoms with Crippen molar-refractivity contribution in [3.63, 3.8) is 0 Å². The molecule has 1 atom stereocenters. The van der Waals surface area contributed by atoms with Crippen LogP contribution in [0.1, 0.15) is 52.9 Å². The molecule has 7 nitrogen and oxygen atoms in total. The SMILES string of the molecule is CC(C)(C)OC(=O)N1CCCC(CCOc2nc3ccccc3nc2NC2CC2)C1. The lowest BCUT2D eigenvalue weighted by Crippen LogP contribution is -2.43. The van der Waals surface area contributed by atoms with Crippen molar-refractivity contribution in [1.29, 1.82) is 0 Å². The van der Waals surface area contributed by atoms with E-state index < -0.39 is 5.60 Å². The van der Waals surface area contributed by atoms with Crippen LogP contribution in [0.25, 0.3) is 11.0 Å². The monoisotopic (exact) mass is 412 g/mol. The highest BCUT2D eigenvalue weighted by Gasteiger charge is 2.28. The lowest BCUT2D eigenvalue weighted by Gasteiger charge is -2.34. The van der Waals surface area contributed by atoms with Crippen molar-refractivity contribution < 1.29 is 14.3 Å². The molecule has 7 heteroatoms. The van der Waals surface area contributed by atoms with Crippen molar-refractivity contribution in [1.82, 2.24) is 14.9 Å². The third-order valence-electron chi connectivity index (χ3n) is 5.39. The Morgan fingerprint density at radius 1 is 1.17 bits per heavy atom. The van der Waals surface area contributed by atoms with Gasteiger partial charge in [-0.1, -0.05) is 12.1 Å². The van der Waals surface area contributed by atoms with Crippen LogP contribution in [0.5, 0.6) is 5.88 Å². The summed E-state index contributed by atoms with van der Waals surface area (Å²) in [5.74, 6) is 1.70. The van der Waals surface area contributed by atoms with Crippen molar-refractivity contribution in [2.75, 3.05) is 25.0 Å². The fourth-order valence-corrected chi connectivity index (χ4v) is 3.71. The number of hydrogen-bond donors (Lipinski definition) is 1. The number of amides is 1. The van der Waals surface area contributed by atoms with Crippen molar-refractivity contribution in [2.45, 2.75) is 64.5 Å². The van der Waals surface area contributed by atoms with E-state index in [-0.39, 0.29) is 6.09 Å². The topological polar surface area (TPSA) is 76.6 Å². The van der Waals surface area contributed by atoms with Crippen molar-refractivity contribution in [3.05, 3.63) is 24.3 Å². The Bertz CT molecular complexity index is 892. The number of piperidine rings is 1. The molecule has 4 rings (SSSR count). The number of fused-ring (bicyclic) bond motifs is 1. The van der Waals surface area contributed by atoms with Crippen LogP contribution < -0.4 is 10.1 Å². The molecule has 1 aromatic heterocycles. The Hall–Kier alpha value is -2.57. The predicted octanol–water partition coefficient (Wildman–Crippen LogP) is 4.62.